The zero-order valence-corrected chi connectivity index (χ0v) is 17.5. The van der Waals surface area contributed by atoms with E-state index in [1.165, 1.54) is 24.3 Å². The summed E-state index contributed by atoms with van der Waals surface area (Å²) in [4.78, 5) is 6.29. The number of nitrogens with zero attached hydrogens (tertiary/aromatic N) is 2. The van der Waals surface area contributed by atoms with Gasteiger partial charge in [0.1, 0.15) is 5.82 Å². The molecular weight excluding hydrogens is 393 g/mol. The number of aromatic nitrogens is 1. The number of rotatable bonds is 8. The minimum Gasteiger partial charge on any atom is -0.419 e. The van der Waals surface area contributed by atoms with Crippen LogP contribution in [-0.2, 0) is 9.84 Å². The molecule has 3 aromatic rings. The quantitative estimate of drug-likeness (QED) is 0.559. The van der Waals surface area contributed by atoms with Gasteiger partial charge in [-0.05, 0) is 58.3 Å². The highest BCUT2D eigenvalue weighted by Gasteiger charge is 2.29. The smallest absolute Gasteiger partial charge is 0.233 e. The minimum absolute atomic E-state index is 0.0163. The number of benzene rings is 2. The molecule has 1 aromatic heterocycles. The summed E-state index contributed by atoms with van der Waals surface area (Å²) in [5, 5.41) is 2.76. The Kier molecular flexibility index (Phi) is 6.34. The highest BCUT2D eigenvalue weighted by Crippen LogP contribution is 2.33. The first-order valence-electron chi connectivity index (χ1n) is 9.25. The van der Waals surface area contributed by atoms with E-state index in [1.807, 2.05) is 25.9 Å². The van der Waals surface area contributed by atoms with Crippen molar-refractivity contribution in [3.05, 3.63) is 59.9 Å². The Balaban J connectivity index is 2.01. The third-order valence-electron chi connectivity index (χ3n) is 4.35. The van der Waals surface area contributed by atoms with Crippen LogP contribution < -0.4 is 5.32 Å². The van der Waals surface area contributed by atoms with E-state index in [2.05, 4.69) is 10.3 Å². The van der Waals surface area contributed by atoms with Gasteiger partial charge in [-0.1, -0.05) is 29.8 Å². The Labute approximate surface area is 170 Å². The minimum atomic E-state index is -3.94. The van der Waals surface area contributed by atoms with Crippen LogP contribution in [0.1, 0.15) is 12.0 Å². The predicted molar refractivity (Wildman–Crippen MR) is 110 cm³/mol. The van der Waals surface area contributed by atoms with Crippen molar-refractivity contribution < 1.29 is 17.2 Å². The van der Waals surface area contributed by atoms with Crippen molar-refractivity contribution in [3.8, 4) is 11.5 Å². The fourth-order valence-corrected chi connectivity index (χ4v) is 4.05. The standard InChI is InChI=1S/C21H24FN3O3S/c1-15-9-11-16(12-10-15)29(26,27)21-20(23-13-6-14-25(2)3)28-19(24-21)17-7-4-5-8-18(17)22/h4-5,7-12,23H,6,13-14H2,1-3H3. The van der Waals surface area contributed by atoms with Gasteiger partial charge in [0.25, 0.3) is 0 Å². The number of hydrogen-bond donors (Lipinski definition) is 1. The van der Waals surface area contributed by atoms with Gasteiger partial charge in [-0.3, -0.25) is 0 Å². The number of nitrogens with one attached hydrogen (secondary N) is 1. The molecule has 1 N–H and O–H groups in total. The zero-order chi connectivity index (χ0) is 21.0. The molecule has 0 aliphatic carbocycles. The van der Waals surface area contributed by atoms with Crippen LogP contribution in [0.4, 0.5) is 10.3 Å². The summed E-state index contributed by atoms with van der Waals surface area (Å²) in [7, 11) is -0.0274. The van der Waals surface area contributed by atoms with Gasteiger partial charge in [-0.2, -0.15) is 4.98 Å². The largest absolute Gasteiger partial charge is 0.419 e. The Morgan fingerprint density at radius 2 is 1.79 bits per heavy atom. The maximum absolute atomic E-state index is 14.2. The number of halogens is 1. The predicted octanol–water partition coefficient (Wildman–Crippen LogP) is 3.99. The van der Waals surface area contributed by atoms with E-state index in [0.717, 1.165) is 18.5 Å². The highest BCUT2D eigenvalue weighted by atomic mass is 32.2. The first-order chi connectivity index (χ1) is 13.8. The lowest BCUT2D eigenvalue weighted by molar-refractivity contribution is 0.404. The van der Waals surface area contributed by atoms with Crippen molar-refractivity contribution >= 4 is 15.7 Å². The lowest BCUT2D eigenvalue weighted by Crippen LogP contribution is -2.17. The van der Waals surface area contributed by atoms with Crippen LogP contribution in [0, 0.1) is 12.7 Å². The Hall–Kier alpha value is -2.71. The fraction of sp³-hybridized carbons (Fsp3) is 0.286. The van der Waals surface area contributed by atoms with E-state index in [4.69, 9.17) is 4.42 Å². The number of hydrogen-bond acceptors (Lipinski definition) is 6. The van der Waals surface area contributed by atoms with Crippen LogP contribution in [-0.4, -0.2) is 45.5 Å². The van der Waals surface area contributed by atoms with E-state index in [-0.39, 0.29) is 27.3 Å². The molecule has 0 unspecified atom stereocenters. The number of oxazole rings is 1. The monoisotopic (exact) mass is 417 g/mol. The van der Waals surface area contributed by atoms with Crippen molar-refractivity contribution in [2.75, 3.05) is 32.5 Å². The number of anilines is 1. The van der Waals surface area contributed by atoms with E-state index in [9.17, 15) is 12.8 Å². The van der Waals surface area contributed by atoms with Crippen LogP contribution in [0.15, 0.2) is 62.9 Å². The molecule has 1 heterocycles. The molecule has 0 atom stereocenters. The average molecular weight is 418 g/mol. The van der Waals surface area contributed by atoms with Gasteiger partial charge in [0.15, 0.2) is 0 Å². The first kappa shape index (κ1) is 21.0. The van der Waals surface area contributed by atoms with Crippen LogP contribution in [0.3, 0.4) is 0 Å². The molecule has 154 valence electrons. The lowest BCUT2D eigenvalue weighted by atomic mass is 10.2. The number of sulfone groups is 1. The van der Waals surface area contributed by atoms with E-state index >= 15 is 0 Å². The maximum atomic E-state index is 14.2. The van der Waals surface area contributed by atoms with Crippen molar-refractivity contribution in [3.63, 3.8) is 0 Å². The molecule has 8 heteroatoms. The van der Waals surface area contributed by atoms with Gasteiger partial charge in [-0.15, -0.1) is 0 Å². The van der Waals surface area contributed by atoms with E-state index in [0.29, 0.717) is 6.54 Å². The zero-order valence-electron chi connectivity index (χ0n) is 16.6. The second kappa shape index (κ2) is 8.75. The normalized spacial score (nSPS) is 11.8. The molecule has 0 fully saturated rings. The molecule has 6 nitrogen and oxygen atoms in total. The van der Waals surface area contributed by atoms with Crippen LogP contribution in [0.2, 0.25) is 0 Å². The second-order valence-electron chi connectivity index (χ2n) is 7.03. The summed E-state index contributed by atoms with van der Waals surface area (Å²) in [6.07, 6.45) is 0.771. The van der Waals surface area contributed by atoms with Gasteiger partial charge in [0.05, 0.1) is 10.5 Å². The molecular formula is C21H24FN3O3S. The van der Waals surface area contributed by atoms with Gasteiger partial charge in [0.2, 0.25) is 26.6 Å². The second-order valence-corrected chi connectivity index (χ2v) is 8.90. The maximum Gasteiger partial charge on any atom is 0.233 e. The van der Waals surface area contributed by atoms with Gasteiger partial charge in [0, 0.05) is 6.54 Å². The summed E-state index contributed by atoms with van der Waals surface area (Å²) >= 11 is 0. The summed E-state index contributed by atoms with van der Waals surface area (Å²) < 4.78 is 46.2. The average Bonchev–Trinajstić information content (AvgIpc) is 3.10. The highest BCUT2D eigenvalue weighted by molar-refractivity contribution is 7.91. The molecule has 3 rings (SSSR count). The Morgan fingerprint density at radius 3 is 2.45 bits per heavy atom. The molecule has 0 amide bonds. The van der Waals surface area contributed by atoms with Gasteiger partial charge in [-0.25, -0.2) is 12.8 Å². The third-order valence-corrected chi connectivity index (χ3v) is 6.03. The topological polar surface area (TPSA) is 75.4 Å². The number of aryl methyl sites for hydroxylation is 1. The SMILES string of the molecule is Cc1ccc(S(=O)(=O)c2nc(-c3ccccc3F)oc2NCCCN(C)C)cc1. The van der Waals surface area contributed by atoms with Crippen LogP contribution in [0.5, 0.6) is 0 Å². The molecule has 2 aromatic carbocycles. The van der Waals surface area contributed by atoms with Crippen LogP contribution >= 0.6 is 0 Å². The summed E-state index contributed by atoms with van der Waals surface area (Å²) in [5.41, 5.74) is 1.05. The third kappa shape index (κ3) is 4.83. The summed E-state index contributed by atoms with van der Waals surface area (Å²) in [6.45, 7) is 3.18. The van der Waals surface area contributed by atoms with Crippen molar-refractivity contribution in [1.29, 1.82) is 0 Å². The first-order valence-corrected chi connectivity index (χ1v) is 10.7. The molecule has 0 bridgehead atoms. The van der Waals surface area contributed by atoms with E-state index in [1.54, 1.807) is 24.3 Å². The van der Waals surface area contributed by atoms with Crippen molar-refractivity contribution in [2.45, 2.75) is 23.3 Å². The van der Waals surface area contributed by atoms with Crippen molar-refractivity contribution in [1.82, 2.24) is 9.88 Å². The lowest BCUT2D eigenvalue weighted by Gasteiger charge is -2.10. The molecule has 0 radical (unpaired) electrons. The molecule has 0 saturated heterocycles. The fourth-order valence-electron chi connectivity index (χ4n) is 2.78. The van der Waals surface area contributed by atoms with E-state index < -0.39 is 15.7 Å². The molecule has 0 saturated carbocycles. The summed E-state index contributed by atoms with van der Waals surface area (Å²) in [5.74, 6) is -0.598. The Bertz CT molecular complexity index is 1080. The van der Waals surface area contributed by atoms with Crippen LogP contribution in [0.25, 0.3) is 11.5 Å². The summed E-state index contributed by atoms with van der Waals surface area (Å²) in [6, 6.07) is 12.4. The molecule has 0 aliphatic heterocycles. The molecule has 0 spiro atoms. The Morgan fingerprint density at radius 1 is 1.10 bits per heavy atom. The molecule has 0 aliphatic rings. The van der Waals surface area contributed by atoms with Gasteiger partial charge >= 0.3 is 0 Å². The van der Waals surface area contributed by atoms with Crippen molar-refractivity contribution in [2.24, 2.45) is 0 Å². The van der Waals surface area contributed by atoms with Gasteiger partial charge < -0.3 is 14.6 Å². The molecule has 29 heavy (non-hydrogen) atoms.